The molecule has 0 aliphatic carbocycles. The van der Waals surface area contributed by atoms with Gasteiger partial charge in [-0.05, 0) is 42.0 Å². The maximum Gasteiger partial charge on any atom is 0.318 e. The predicted molar refractivity (Wildman–Crippen MR) is 78.2 cm³/mol. The molecule has 0 aliphatic rings. The van der Waals surface area contributed by atoms with Crippen molar-refractivity contribution in [1.82, 2.24) is 5.32 Å². The average Bonchev–Trinajstić information content (AvgIpc) is 2.48. The summed E-state index contributed by atoms with van der Waals surface area (Å²) in [7, 11) is 1.56. The van der Waals surface area contributed by atoms with Crippen LogP contribution in [0.1, 0.15) is 5.56 Å². The van der Waals surface area contributed by atoms with Crippen LogP contribution in [0.2, 0.25) is 0 Å². The summed E-state index contributed by atoms with van der Waals surface area (Å²) in [5.41, 5.74) is 2.65. The lowest BCUT2D eigenvalue weighted by Gasteiger charge is -2.08. The van der Waals surface area contributed by atoms with E-state index < -0.39 is 0 Å². The lowest BCUT2D eigenvalue weighted by atomic mass is 10.2. The van der Waals surface area contributed by atoms with Crippen LogP contribution in [0.4, 0.5) is 20.6 Å². The highest BCUT2D eigenvalue weighted by molar-refractivity contribution is 5.89. The third-order valence-corrected chi connectivity index (χ3v) is 2.78. The van der Waals surface area contributed by atoms with Crippen LogP contribution < -0.4 is 16.0 Å². The number of rotatable bonds is 4. The minimum atomic E-state index is -0.253. The van der Waals surface area contributed by atoms with Crippen LogP contribution in [0, 0.1) is 5.82 Å². The number of carbonyl (C=O) groups is 1. The molecule has 0 atom stereocenters. The fraction of sp³-hybridized carbons (Fsp3) is 0.133. The Hall–Kier alpha value is -2.56. The molecule has 104 valence electrons. The largest absolute Gasteiger partial charge is 0.381 e. The van der Waals surface area contributed by atoms with Gasteiger partial charge in [0.2, 0.25) is 0 Å². The van der Waals surface area contributed by atoms with Gasteiger partial charge in [-0.15, -0.1) is 0 Å². The monoisotopic (exact) mass is 273 g/mol. The van der Waals surface area contributed by atoms with Crippen LogP contribution in [0.25, 0.3) is 0 Å². The minimum Gasteiger partial charge on any atom is -0.381 e. The molecule has 3 N–H and O–H groups in total. The average molecular weight is 273 g/mol. The topological polar surface area (TPSA) is 53.2 Å². The zero-order valence-electron chi connectivity index (χ0n) is 11.1. The number of hydrogen-bond acceptors (Lipinski definition) is 2. The minimum absolute atomic E-state index is 0.238. The van der Waals surface area contributed by atoms with Crippen LogP contribution in [0.3, 0.4) is 0 Å². The van der Waals surface area contributed by atoms with E-state index in [1.807, 2.05) is 24.3 Å². The van der Waals surface area contributed by atoms with Crippen LogP contribution in [-0.2, 0) is 6.54 Å². The number of hydrogen-bond donors (Lipinski definition) is 3. The van der Waals surface area contributed by atoms with Crippen molar-refractivity contribution in [3.8, 4) is 0 Å². The van der Waals surface area contributed by atoms with E-state index in [9.17, 15) is 9.18 Å². The number of halogens is 1. The van der Waals surface area contributed by atoms with Gasteiger partial charge in [-0.1, -0.05) is 12.1 Å². The highest BCUT2D eigenvalue weighted by atomic mass is 19.1. The SMILES string of the molecule is CNC(=O)Nc1ccc(NCc2ccc(F)cc2)cc1. The number of carbonyl (C=O) groups excluding carboxylic acids is 1. The van der Waals surface area contributed by atoms with Crippen molar-refractivity contribution in [3.63, 3.8) is 0 Å². The fourth-order valence-electron chi connectivity index (χ4n) is 1.67. The van der Waals surface area contributed by atoms with E-state index >= 15 is 0 Å². The zero-order valence-corrected chi connectivity index (χ0v) is 11.1. The molecule has 20 heavy (non-hydrogen) atoms. The van der Waals surface area contributed by atoms with Gasteiger partial charge in [-0.3, -0.25) is 0 Å². The van der Waals surface area contributed by atoms with E-state index in [1.54, 1.807) is 19.2 Å². The Morgan fingerprint density at radius 2 is 1.60 bits per heavy atom. The molecule has 5 heteroatoms. The number of anilines is 2. The Labute approximate surface area is 117 Å². The lowest BCUT2D eigenvalue weighted by Crippen LogP contribution is -2.24. The van der Waals surface area contributed by atoms with Crippen molar-refractivity contribution >= 4 is 17.4 Å². The van der Waals surface area contributed by atoms with Crippen molar-refractivity contribution < 1.29 is 9.18 Å². The summed E-state index contributed by atoms with van der Waals surface area (Å²) < 4.78 is 12.8. The van der Waals surface area contributed by atoms with E-state index in [4.69, 9.17) is 0 Å². The Morgan fingerprint density at radius 1 is 1.00 bits per heavy atom. The Kier molecular flexibility index (Phi) is 4.55. The van der Waals surface area contributed by atoms with Gasteiger partial charge >= 0.3 is 6.03 Å². The van der Waals surface area contributed by atoms with E-state index in [-0.39, 0.29) is 11.8 Å². The summed E-state index contributed by atoms with van der Waals surface area (Å²) >= 11 is 0. The third kappa shape index (κ3) is 3.98. The van der Waals surface area contributed by atoms with Gasteiger partial charge < -0.3 is 16.0 Å². The summed E-state index contributed by atoms with van der Waals surface area (Å²) in [6, 6.07) is 13.5. The molecule has 0 fully saturated rings. The van der Waals surface area contributed by atoms with Gasteiger partial charge in [0.15, 0.2) is 0 Å². The molecule has 2 amide bonds. The standard InChI is InChI=1S/C15H16FN3O/c1-17-15(20)19-14-8-6-13(7-9-14)18-10-11-2-4-12(16)5-3-11/h2-9,18H,10H2,1H3,(H2,17,19,20). The molecule has 0 spiro atoms. The maximum absolute atomic E-state index is 12.8. The molecule has 0 heterocycles. The van der Waals surface area contributed by atoms with Crippen LogP contribution in [-0.4, -0.2) is 13.1 Å². The molecule has 0 saturated heterocycles. The second kappa shape index (κ2) is 6.56. The fourth-order valence-corrected chi connectivity index (χ4v) is 1.67. The van der Waals surface area contributed by atoms with Gasteiger partial charge in [0.25, 0.3) is 0 Å². The Morgan fingerprint density at radius 3 is 2.20 bits per heavy atom. The quantitative estimate of drug-likeness (QED) is 0.801. The van der Waals surface area contributed by atoms with Crippen molar-refractivity contribution in [2.24, 2.45) is 0 Å². The van der Waals surface area contributed by atoms with E-state index in [2.05, 4.69) is 16.0 Å². The van der Waals surface area contributed by atoms with Gasteiger partial charge in [-0.2, -0.15) is 0 Å². The van der Waals surface area contributed by atoms with E-state index in [0.29, 0.717) is 6.54 Å². The lowest BCUT2D eigenvalue weighted by molar-refractivity contribution is 0.254. The number of amides is 2. The zero-order chi connectivity index (χ0) is 14.4. The Balaban J connectivity index is 1.90. The molecule has 2 rings (SSSR count). The summed E-state index contributed by atoms with van der Waals surface area (Å²) in [5.74, 6) is -0.238. The second-order valence-electron chi connectivity index (χ2n) is 4.26. The molecule has 0 aromatic heterocycles. The first kappa shape index (κ1) is 13.9. The molecular weight excluding hydrogens is 257 g/mol. The predicted octanol–water partition coefficient (Wildman–Crippen LogP) is 3.19. The number of nitrogens with one attached hydrogen (secondary N) is 3. The normalized spacial score (nSPS) is 9.90. The second-order valence-corrected chi connectivity index (χ2v) is 4.26. The first-order valence-corrected chi connectivity index (χ1v) is 6.24. The Bertz CT molecular complexity index is 567. The smallest absolute Gasteiger partial charge is 0.318 e. The van der Waals surface area contributed by atoms with Crippen molar-refractivity contribution in [2.45, 2.75) is 6.54 Å². The van der Waals surface area contributed by atoms with Crippen molar-refractivity contribution in [2.75, 3.05) is 17.7 Å². The highest BCUT2D eigenvalue weighted by Crippen LogP contribution is 2.14. The molecular formula is C15H16FN3O. The maximum atomic E-state index is 12.8. The number of urea groups is 1. The summed E-state index contributed by atoms with van der Waals surface area (Å²) in [6.45, 7) is 0.614. The van der Waals surface area contributed by atoms with Gasteiger partial charge in [-0.25, -0.2) is 9.18 Å². The molecule has 0 unspecified atom stereocenters. The van der Waals surface area contributed by atoms with E-state index in [1.165, 1.54) is 12.1 Å². The number of benzene rings is 2. The molecule has 2 aromatic rings. The van der Waals surface area contributed by atoms with Gasteiger partial charge in [0.05, 0.1) is 0 Å². The summed E-state index contributed by atoms with van der Waals surface area (Å²) in [5, 5.41) is 8.39. The van der Waals surface area contributed by atoms with Crippen molar-refractivity contribution in [3.05, 3.63) is 59.9 Å². The molecule has 0 radical (unpaired) electrons. The van der Waals surface area contributed by atoms with Crippen LogP contribution >= 0.6 is 0 Å². The van der Waals surface area contributed by atoms with Crippen LogP contribution in [0.15, 0.2) is 48.5 Å². The van der Waals surface area contributed by atoms with Gasteiger partial charge in [0, 0.05) is 25.0 Å². The van der Waals surface area contributed by atoms with Crippen molar-refractivity contribution in [1.29, 1.82) is 0 Å². The van der Waals surface area contributed by atoms with E-state index in [0.717, 1.165) is 16.9 Å². The first-order chi connectivity index (χ1) is 9.67. The van der Waals surface area contributed by atoms with Crippen LogP contribution in [0.5, 0.6) is 0 Å². The molecule has 2 aromatic carbocycles. The summed E-state index contributed by atoms with van der Waals surface area (Å²) in [6.07, 6.45) is 0. The molecule has 0 bridgehead atoms. The molecule has 4 nitrogen and oxygen atoms in total. The molecule has 0 aliphatic heterocycles. The molecule has 0 saturated carbocycles. The summed E-state index contributed by atoms with van der Waals surface area (Å²) in [4.78, 5) is 11.1. The highest BCUT2D eigenvalue weighted by Gasteiger charge is 1.99. The van der Waals surface area contributed by atoms with Gasteiger partial charge in [0.1, 0.15) is 5.82 Å². The first-order valence-electron chi connectivity index (χ1n) is 6.24. The third-order valence-electron chi connectivity index (χ3n) is 2.78.